The third kappa shape index (κ3) is 3.43. The Kier molecular flexibility index (Phi) is 4.86. The van der Waals surface area contributed by atoms with Crippen LogP contribution >= 0.6 is 0 Å². The topological polar surface area (TPSA) is 87.4 Å². The van der Waals surface area contributed by atoms with Gasteiger partial charge in [-0.15, -0.1) is 0 Å². The molecule has 106 valence electrons. The van der Waals surface area contributed by atoms with E-state index in [1.54, 1.807) is 4.57 Å². The van der Waals surface area contributed by atoms with Crippen molar-refractivity contribution in [2.24, 2.45) is 0 Å². The number of aromatic nitrogens is 2. The lowest BCUT2D eigenvalue weighted by molar-refractivity contribution is 0.0701. The van der Waals surface area contributed by atoms with E-state index in [2.05, 4.69) is 4.98 Å². The van der Waals surface area contributed by atoms with Crippen LogP contribution in [0.1, 0.15) is 28.5 Å². The maximum absolute atomic E-state index is 11.2. The summed E-state index contributed by atoms with van der Waals surface area (Å²) in [6, 6.07) is 9.83. The number of imidazole rings is 1. The second-order valence-corrected chi connectivity index (χ2v) is 4.51. The summed E-state index contributed by atoms with van der Waals surface area (Å²) in [6.07, 6.45) is 4.55. The van der Waals surface area contributed by atoms with Gasteiger partial charge in [0.25, 0.3) is 5.91 Å². The van der Waals surface area contributed by atoms with Crippen LogP contribution in [0.2, 0.25) is 0 Å². The highest BCUT2D eigenvalue weighted by atomic mass is 16.5. The fourth-order valence-corrected chi connectivity index (χ4v) is 2.02. The molecule has 0 aliphatic rings. The van der Waals surface area contributed by atoms with Crippen LogP contribution in [0.5, 0.6) is 0 Å². The number of aryl methyl sites for hydroxylation is 1. The molecule has 0 radical (unpaired) electrons. The number of rotatable bonds is 6. The predicted octanol–water partition coefficient (Wildman–Crippen LogP) is 1.17. The first-order valence-corrected chi connectivity index (χ1v) is 6.37. The SMILES string of the molecule is O=C(NO)c1cn([C@H](CO)CCc2ccccc2)cn1. The summed E-state index contributed by atoms with van der Waals surface area (Å²) in [6.45, 7) is -0.0383. The van der Waals surface area contributed by atoms with Crippen molar-refractivity contribution in [3.63, 3.8) is 0 Å². The summed E-state index contributed by atoms with van der Waals surface area (Å²) >= 11 is 0. The number of nitrogens with zero attached hydrogens (tertiary/aromatic N) is 2. The molecule has 1 aromatic heterocycles. The monoisotopic (exact) mass is 275 g/mol. The molecule has 0 saturated carbocycles. The van der Waals surface area contributed by atoms with Gasteiger partial charge < -0.3 is 9.67 Å². The summed E-state index contributed by atoms with van der Waals surface area (Å²) in [5.74, 6) is -0.663. The van der Waals surface area contributed by atoms with Crippen LogP contribution in [0, 0.1) is 0 Å². The maximum atomic E-state index is 11.2. The van der Waals surface area contributed by atoms with Gasteiger partial charge >= 0.3 is 0 Å². The summed E-state index contributed by atoms with van der Waals surface area (Å²) < 4.78 is 1.69. The van der Waals surface area contributed by atoms with Gasteiger partial charge in [-0.2, -0.15) is 0 Å². The average Bonchev–Trinajstić information content (AvgIpc) is 2.98. The number of carbonyl (C=O) groups excluding carboxylic acids is 1. The van der Waals surface area contributed by atoms with Crippen molar-refractivity contribution in [2.45, 2.75) is 18.9 Å². The molecule has 0 saturated heterocycles. The van der Waals surface area contributed by atoms with Crippen LogP contribution in [-0.4, -0.2) is 32.4 Å². The largest absolute Gasteiger partial charge is 0.394 e. The van der Waals surface area contributed by atoms with Crippen LogP contribution in [0.25, 0.3) is 0 Å². The molecule has 0 unspecified atom stereocenters. The third-order valence-electron chi connectivity index (χ3n) is 3.18. The average molecular weight is 275 g/mol. The van der Waals surface area contributed by atoms with E-state index in [0.717, 1.165) is 12.8 Å². The molecule has 6 nitrogen and oxygen atoms in total. The second kappa shape index (κ2) is 6.83. The highest BCUT2D eigenvalue weighted by Crippen LogP contribution is 2.15. The van der Waals surface area contributed by atoms with E-state index in [-0.39, 0.29) is 18.3 Å². The van der Waals surface area contributed by atoms with Gasteiger partial charge in [-0.1, -0.05) is 30.3 Å². The Labute approximate surface area is 116 Å². The lowest BCUT2D eigenvalue weighted by atomic mass is 10.1. The number of hydroxylamine groups is 1. The Morgan fingerprint density at radius 1 is 1.35 bits per heavy atom. The second-order valence-electron chi connectivity index (χ2n) is 4.51. The summed E-state index contributed by atoms with van der Waals surface area (Å²) in [4.78, 5) is 15.1. The Balaban J connectivity index is 2.01. The van der Waals surface area contributed by atoms with Crippen molar-refractivity contribution in [3.05, 3.63) is 54.1 Å². The zero-order chi connectivity index (χ0) is 14.4. The Morgan fingerprint density at radius 3 is 2.75 bits per heavy atom. The lowest BCUT2D eigenvalue weighted by Gasteiger charge is -2.15. The molecular weight excluding hydrogens is 258 g/mol. The number of hydrogen-bond donors (Lipinski definition) is 3. The first kappa shape index (κ1) is 14.2. The van der Waals surface area contributed by atoms with Crippen molar-refractivity contribution >= 4 is 5.91 Å². The fourth-order valence-electron chi connectivity index (χ4n) is 2.02. The maximum Gasteiger partial charge on any atom is 0.294 e. The van der Waals surface area contributed by atoms with Gasteiger partial charge in [0.05, 0.1) is 19.0 Å². The molecule has 0 spiro atoms. The Morgan fingerprint density at radius 2 is 2.10 bits per heavy atom. The first-order valence-electron chi connectivity index (χ1n) is 6.37. The molecule has 0 bridgehead atoms. The van der Waals surface area contributed by atoms with E-state index in [1.165, 1.54) is 23.6 Å². The van der Waals surface area contributed by atoms with E-state index in [4.69, 9.17) is 5.21 Å². The van der Waals surface area contributed by atoms with Crippen molar-refractivity contribution in [3.8, 4) is 0 Å². The van der Waals surface area contributed by atoms with Crippen LogP contribution < -0.4 is 5.48 Å². The highest BCUT2D eigenvalue weighted by Gasteiger charge is 2.14. The van der Waals surface area contributed by atoms with Crippen molar-refractivity contribution in [1.82, 2.24) is 15.0 Å². The van der Waals surface area contributed by atoms with E-state index in [1.807, 2.05) is 30.3 Å². The minimum atomic E-state index is -0.663. The Bertz CT molecular complexity index is 554. The highest BCUT2D eigenvalue weighted by molar-refractivity contribution is 5.91. The van der Waals surface area contributed by atoms with Crippen molar-refractivity contribution in [1.29, 1.82) is 0 Å². The molecule has 2 rings (SSSR count). The molecule has 0 aliphatic carbocycles. The molecule has 3 N–H and O–H groups in total. The molecule has 20 heavy (non-hydrogen) atoms. The van der Waals surface area contributed by atoms with Gasteiger partial charge in [0.2, 0.25) is 0 Å². The van der Waals surface area contributed by atoms with E-state index < -0.39 is 5.91 Å². The third-order valence-corrected chi connectivity index (χ3v) is 3.18. The molecule has 1 atom stereocenters. The number of aliphatic hydroxyl groups excluding tert-OH is 1. The minimum Gasteiger partial charge on any atom is -0.394 e. The quantitative estimate of drug-likeness (QED) is 0.545. The van der Waals surface area contributed by atoms with Gasteiger partial charge in [-0.25, -0.2) is 10.5 Å². The molecule has 1 heterocycles. The van der Waals surface area contributed by atoms with E-state index in [0.29, 0.717) is 0 Å². The van der Waals surface area contributed by atoms with Crippen LogP contribution in [0.4, 0.5) is 0 Å². The zero-order valence-electron chi connectivity index (χ0n) is 10.9. The van der Waals surface area contributed by atoms with E-state index >= 15 is 0 Å². The molecule has 0 aliphatic heterocycles. The molecule has 1 aromatic carbocycles. The van der Waals surface area contributed by atoms with E-state index in [9.17, 15) is 9.90 Å². The number of hydrogen-bond acceptors (Lipinski definition) is 4. The van der Waals surface area contributed by atoms with Gasteiger partial charge in [0.15, 0.2) is 0 Å². The summed E-state index contributed by atoms with van der Waals surface area (Å²) in [5.41, 5.74) is 2.84. The van der Waals surface area contributed by atoms with Gasteiger partial charge in [0.1, 0.15) is 5.69 Å². The van der Waals surface area contributed by atoms with Crippen molar-refractivity contribution < 1.29 is 15.1 Å². The van der Waals surface area contributed by atoms with Crippen LogP contribution in [0.15, 0.2) is 42.9 Å². The minimum absolute atomic E-state index is 0.0383. The van der Waals surface area contributed by atoms with Gasteiger partial charge in [0, 0.05) is 6.20 Å². The number of aliphatic hydroxyl groups is 1. The van der Waals surface area contributed by atoms with Crippen LogP contribution in [-0.2, 0) is 6.42 Å². The van der Waals surface area contributed by atoms with Gasteiger partial charge in [-0.3, -0.25) is 10.0 Å². The molecule has 2 aromatic rings. The number of benzene rings is 1. The number of amides is 1. The fraction of sp³-hybridized carbons (Fsp3) is 0.286. The van der Waals surface area contributed by atoms with Crippen molar-refractivity contribution in [2.75, 3.05) is 6.61 Å². The number of carbonyl (C=O) groups is 1. The summed E-state index contributed by atoms with van der Waals surface area (Å²) in [5, 5.41) is 18.0. The molecular formula is C14H17N3O3. The standard InChI is InChI=1S/C14H17N3O3/c18-9-12(7-6-11-4-2-1-3-5-11)17-8-13(15-10-17)14(19)16-20/h1-5,8,10,12,18,20H,6-7,9H2,(H,16,19)/t12-/m0/s1. The molecule has 6 heteroatoms. The Hall–Kier alpha value is -2.18. The lowest BCUT2D eigenvalue weighted by Crippen LogP contribution is -2.19. The smallest absolute Gasteiger partial charge is 0.294 e. The van der Waals surface area contributed by atoms with Gasteiger partial charge in [-0.05, 0) is 18.4 Å². The predicted molar refractivity (Wildman–Crippen MR) is 72.4 cm³/mol. The summed E-state index contributed by atoms with van der Waals surface area (Å²) in [7, 11) is 0. The zero-order valence-corrected chi connectivity index (χ0v) is 10.9. The molecule has 0 fully saturated rings. The van der Waals surface area contributed by atoms with Crippen LogP contribution in [0.3, 0.4) is 0 Å². The molecule has 1 amide bonds. The normalized spacial score (nSPS) is 12.1. The number of nitrogens with one attached hydrogen (secondary N) is 1. The first-order chi connectivity index (χ1) is 9.74.